The van der Waals surface area contributed by atoms with Gasteiger partial charge in [0.05, 0.1) is 5.75 Å². The Bertz CT molecular complexity index is 1090. The fraction of sp³-hybridized carbons (Fsp3) is 0.286. The molecule has 2 heterocycles. The Morgan fingerprint density at radius 3 is 2.84 bits per heavy atom. The molecular formula is C21H22FN5O3S. The van der Waals surface area contributed by atoms with Crippen LogP contribution < -0.4 is 15.3 Å². The smallest absolute Gasteiger partial charge is 0.233 e. The number of thioether (sulfide) groups is 1. The number of fused-ring (bicyclic) bond motifs is 1. The molecule has 3 aromatic rings. The highest BCUT2D eigenvalue weighted by Gasteiger charge is 2.19. The van der Waals surface area contributed by atoms with Gasteiger partial charge in [-0.15, -0.1) is 10.2 Å². The van der Waals surface area contributed by atoms with Crippen molar-refractivity contribution in [2.75, 3.05) is 24.9 Å². The summed E-state index contributed by atoms with van der Waals surface area (Å²) in [7, 11) is 0. The monoisotopic (exact) mass is 443 g/mol. The van der Waals surface area contributed by atoms with Gasteiger partial charge in [0, 0.05) is 19.5 Å². The number of carbonyl (C=O) groups is 1. The Morgan fingerprint density at radius 1 is 1.23 bits per heavy atom. The van der Waals surface area contributed by atoms with Gasteiger partial charge in [-0.3, -0.25) is 4.79 Å². The SMILES string of the molecule is CCN(Cc1ccc2c(c1)OCO2)C(=O)CSc1nnc(Cc2ccccc2F)n1N. The molecule has 10 heteroatoms. The Hall–Kier alpha value is -3.27. The molecule has 2 N–H and O–H groups in total. The number of nitrogens with zero attached hydrogens (tertiary/aromatic N) is 4. The van der Waals surface area contributed by atoms with Crippen molar-refractivity contribution in [2.45, 2.75) is 25.0 Å². The fourth-order valence-corrected chi connectivity index (χ4v) is 3.97. The molecule has 0 unspecified atom stereocenters. The van der Waals surface area contributed by atoms with Crippen LogP contribution in [0, 0.1) is 5.82 Å². The van der Waals surface area contributed by atoms with E-state index in [1.807, 2.05) is 25.1 Å². The minimum absolute atomic E-state index is 0.0520. The van der Waals surface area contributed by atoms with E-state index in [1.54, 1.807) is 23.1 Å². The van der Waals surface area contributed by atoms with Crippen molar-refractivity contribution in [3.63, 3.8) is 0 Å². The average Bonchev–Trinajstić information content (AvgIpc) is 3.38. The summed E-state index contributed by atoms with van der Waals surface area (Å²) in [6.45, 7) is 3.15. The number of hydrogen-bond donors (Lipinski definition) is 1. The summed E-state index contributed by atoms with van der Waals surface area (Å²) in [5.74, 6) is 7.68. The number of rotatable bonds is 8. The van der Waals surface area contributed by atoms with Gasteiger partial charge >= 0.3 is 0 Å². The van der Waals surface area contributed by atoms with E-state index < -0.39 is 0 Å². The zero-order valence-electron chi connectivity index (χ0n) is 17.0. The predicted molar refractivity (Wildman–Crippen MR) is 114 cm³/mol. The van der Waals surface area contributed by atoms with Gasteiger partial charge in [0.15, 0.2) is 17.3 Å². The number of hydrogen-bond acceptors (Lipinski definition) is 7. The van der Waals surface area contributed by atoms with Crippen LogP contribution in [0.1, 0.15) is 23.9 Å². The maximum atomic E-state index is 13.9. The highest BCUT2D eigenvalue weighted by Crippen LogP contribution is 2.32. The summed E-state index contributed by atoms with van der Waals surface area (Å²) in [4.78, 5) is 14.5. The molecule has 4 rings (SSSR count). The van der Waals surface area contributed by atoms with E-state index in [9.17, 15) is 9.18 Å². The average molecular weight is 444 g/mol. The number of amides is 1. The molecule has 0 saturated carbocycles. The normalized spacial score (nSPS) is 12.2. The molecule has 0 fully saturated rings. The van der Waals surface area contributed by atoms with Crippen molar-refractivity contribution < 1.29 is 18.7 Å². The number of nitrogen functional groups attached to an aromatic ring is 1. The summed E-state index contributed by atoms with van der Waals surface area (Å²) in [6.07, 6.45) is 0.218. The second-order valence-electron chi connectivity index (χ2n) is 6.92. The summed E-state index contributed by atoms with van der Waals surface area (Å²) in [5, 5.41) is 8.50. The summed E-state index contributed by atoms with van der Waals surface area (Å²) in [6, 6.07) is 12.1. The third-order valence-electron chi connectivity index (χ3n) is 4.91. The van der Waals surface area contributed by atoms with E-state index in [1.165, 1.54) is 22.5 Å². The second kappa shape index (κ2) is 9.25. The third kappa shape index (κ3) is 4.74. The quantitative estimate of drug-likeness (QED) is 0.422. The summed E-state index contributed by atoms with van der Waals surface area (Å²) >= 11 is 1.20. The van der Waals surface area contributed by atoms with Gasteiger partial charge in [0.2, 0.25) is 17.9 Å². The zero-order valence-corrected chi connectivity index (χ0v) is 17.8. The highest BCUT2D eigenvalue weighted by atomic mass is 32.2. The van der Waals surface area contributed by atoms with Gasteiger partial charge in [-0.1, -0.05) is 36.0 Å². The molecule has 1 aliphatic heterocycles. The Kier molecular flexibility index (Phi) is 6.26. The molecule has 1 amide bonds. The molecule has 0 radical (unpaired) electrons. The largest absolute Gasteiger partial charge is 0.454 e. The highest BCUT2D eigenvalue weighted by molar-refractivity contribution is 7.99. The van der Waals surface area contributed by atoms with Gasteiger partial charge in [-0.25, -0.2) is 9.07 Å². The number of aromatic nitrogens is 3. The molecule has 0 spiro atoms. The van der Waals surface area contributed by atoms with Gasteiger partial charge in [0.25, 0.3) is 0 Å². The molecule has 1 aromatic heterocycles. The van der Waals surface area contributed by atoms with Gasteiger partial charge in [0.1, 0.15) is 5.82 Å². The molecular weight excluding hydrogens is 421 g/mol. The number of benzene rings is 2. The lowest BCUT2D eigenvalue weighted by Gasteiger charge is -2.21. The van der Waals surface area contributed by atoms with Crippen molar-refractivity contribution >= 4 is 17.7 Å². The topological polar surface area (TPSA) is 95.5 Å². The van der Waals surface area contributed by atoms with Gasteiger partial charge in [-0.2, -0.15) is 0 Å². The predicted octanol–water partition coefficient (Wildman–Crippen LogP) is 2.59. The number of carbonyl (C=O) groups excluding carboxylic acids is 1. The van der Waals surface area contributed by atoms with Crippen LogP contribution in [-0.4, -0.2) is 44.8 Å². The van der Waals surface area contributed by atoms with Crippen molar-refractivity contribution in [3.8, 4) is 11.5 Å². The standard InChI is InChI=1S/C21H22FN5O3S/c1-2-26(11-14-7-8-17-18(9-14)30-13-29-17)20(28)12-31-21-25-24-19(27(21)23)10-15-5-3-4-6-16(15)22/h3-9H,2,10-13,23H2,1H3. The fourth-order valence-electron chi connectivity index (χ4n) is 3.19. The first-order chi connectivity index (χ1) is 15.0. The molecule has 162 valence electrons. The summed E-state index contributed by atoms with van der Waals surface area (Å²) < 4.78 is 25.9. The first-order valence-corrected chi connectivity index (χ1v) is 10.8. The van der Waals surface area contributed by atoms with Crippen LogP contribution in [-0.2, 0) is 17.8 Å². The molecule has 31 heavy (non-hydrogen) atoms. The number of halogens is 1. The van der Waals surface area contributed by atoms with Crippen molar-refractivity contribution in [1.82, 2.24) is 19.8 Å². The van der Waals surface area contributed by atoms with Crippen LogP contribution in [0.4, 0.5) is 4.39 Å². The first-order valence-electron chi connectivity index (χ1n) is 9.77. The third-order valence-corrected chi connectivity index (χ3v) is 5.84. The Balaban J connectivity index is 1.36. The van der Waals surface area contributed by atoms with E-state index in [2.05, 4.69) is 10.2 Å². The number of ether oxygens (including phenoxy) is 2. The van der Waals surface area contributed by atoms with Crippen molar-refractivity contribution in [2.24, 2.45) is 0 Å². The van der Waals surface area contributed by atoms with E-state index in [0.29, 0.717) is 41.1 Å². The maximum Gasteiger partial charge on any atom is 0.233 e. The van der Waals surface area contributed by atoms with Crippen LogP contribution in [0.3, 0.4) is 0 Å². The maximum absolute atomic E-state index is 13.9. The van der Waals surface area contributed by atoms with Gasteiger partial charge in [-0.05, 0) is 36.2 Å². The lowest BCUT2D eigenvalue weighted by molar-refractivity contribution is -0.128. The van der Waals surface area contributed by atoms with Crippen LogP contribution in [0.5, 0.6) is 11.5 Å². The molecule has 0 aliphatic carbocycles. The van der Waals surface area contributed by atoms with E-state index in [4.69, 9.17) is 15.3 Å². The minimum Gasteiger partial charge on any atom is -0.454 e. The Morgan fingerprint density at radius 2 is 2.03 bits per heavy atom. The van der Waals surface area contributed by atoms with E-state index in [-0.39, 0.29) is 30.7 Å². The second-order valence-corrected chi connectivity index (χ2v) is 7.86. The van der Waals surface area contributed by atoms with Crippen molar-refractivity contribution in [1.29, 1.82) is 0 Å². The zero-order chi connectivity index (χ0) is 21.8. The first kappa shape index (κ1) is 21.0. The molecule has 8 nitrogen and oxygen atoms in total. The molecule has 0 atom stereocenters. The van der Waals surface area contributed by atoms with E-state index in [0.717, 1.165) is 5.56 Å². The lowest BCUT2D eigenvalue weighted by atomic mass is 10.1. The molecule has 0 saturated heterocycles. The molecule has 0 bridgehead atoms. The lowest BCUT2D eigenvalue weighted by Crippen LogP contribution is -2.32. The Labute approximate surface area is 183 Å². The van der Waals surface area contributed by atoms with Crippen LogP contribution in [0.15, 0.2) is 47.6 Å². The summed E-state index contributed by atoms with van der Waals surface area (Å²) in [5.41, 5.74) is 1.44. The van der Waals surface area contributed by atoms with Gasteiger partial charge < -0.3 is 20.2 Å². The van der Waals surface area contributed by atoms with E-state index >= 15 is 0 Å². The van der Waals surface area contributed by atoms with Crippen LogP contribution in [0.25, 0.3) is 0 Å². The van der Waals surface area contributed by atoms with Crippen LogP contribution >= 0.6 is 11.8 Å². The van der Waals surface area contributed by atoms with Crippen LogP contribution in [0.2, 0.25) is 0 Å². The molecule has 2 aromatic carbocycles. The minimum atomic E-state index is -0.322. The van der Waals surface area contributed by atoms with Crippen molar-refractivity contribution in [3.05, 3.63) is 65.2 Å². The molecule has 1 aliphatic rings. The number of nitrogens with two attached hydrogens (primary N) is 1.